The van der Waals surface area contributed by atoms with E-state index in [1.54, 1.807) is 19.1 Å². The molecule has 0 aliphatic carbocycles. The summed E-state index contributed by atoms with van der Waals surface area (Å²) < 4.78 is 9.58. The van der Waals surface area contributed by atoms with Crippen LogP contribution >= 0.6 is 0 Å². The molecule has 0 atom stereocenters. The maximum Gasteiger partial charge on any atom is 0.338 e. The molecule has 0 saturated carbocycles. The number of methoxy groups -OCH3 is 1. The van der Waals surface area contributed by atoms with E-state index in [4.69, 9.17) is 9.47 Å². The Hall–Kier alpha value is -1.88. The maximum absolute atomic E-state index is 11.6. The van der Waals surface area contributed by atoms with Crippen LogP contribution in [0, 0.1) is 0 Å². The van der Waals surface area contributed by atoms with Crippen molar-refractivity contribution in [2.75, 3.05) is 20.3 Å². The predicted octanol–water partition coefficient (Wildman–Crippen LogP) is 1.91. The molecule has 0 heterocycles. The van der Waals surface area contributed by atoms with Crippen LogP contribution in [0.2, 0.25) is 0 Å². The van der Waals surface area contributed by atoms with Gasteiger partial charge in [0.15, 0.2) is 0 Å². The fourth-order valence-electron chi connectivity index (χ4n) is 1.80. The number of carbonyl (C=O) groups is 2. The zero-order chi connectivity index (χ0) is 14.8. The number of hydrogen-bond donors (Lipinski definition) is 1. The molecular weight excluding hydrogens is 258 g/mol. The van der Waals surface area contributed by atoms with Crippen molar-refractivity contribution in [3.05, 3.63) is 35.4 Å². The largest absolute Gasteiger partial charge is 0.466 e. The summed E-state index contributed by atoms with van der Waals surface area (Å²) in [6.07, 6.45) is 1.11. The second-order valence-electron chi connectivity index (χ2n) is 4.23. The third kappa shape index (κ3) is 5.40. The molecule has 0 radical (unpaired) electrons. The van der Waals surface area contributed by atoms with Gasteiger partial charge in [0.05, 0.1) is 19.3 Å². The molecule has 1 aromatic carbocycles. The fraction of sp³-hybridized carbons (Fsp3) is 0.467. The lowest BCUT2D eigenvalue weighted by Crippen LogP contribution is -2.18. The Morgan fingerprint density at radius 2 is 2.00 bits per heavy atom. The van der Waals surface area contributed by atoms with Gasteiger partial charge in [-0.2, -0.15) is 0 Å². The third-order valence-corrected chi connectivity index (χ3v) is 2.78. The molecule has 110 valence electrons. The number of carbonyl (C=O) groups excluding carboxylic acids is 2. The molecule has 1 N–H and O–H groups in total. The van der Waals surface area contributed by atoms with Crippen LogP contribution in [-0.2, 0) is 20.8 Å². The quantitative estimate of drug-likeness (QED) is 0.581. The van der Waals surface area contributed by atoms with Crippen LogP contribution in [0.15, 0.2) is 24.3 Å². The first-order chi connectivity index (χ1) is 9.69. The van der Waals surface area contributed by atoms with Crippen molar-refractivity contribution in [1.29, 1.82) is 0 Å². The van der Waals surface area contributed by atoms with Crippen LogP contribution in [-0.4, -0.2) is 32.2 Å². The first kappa shape index (κ1) is 16.2. The number of esters is 2. The van der Waals surface area contributed by atoms with E-state index in [2.05, 4.69) is 5.32 Å². The standard InChI is InChI=1S/C15H21NO4/c1-3-20-14(17)9-6-10-16-11-12-7-4-5-8-13(12)15(18)19-2/h4-5,7-8,16H,3,6,9-11H2,1-2H3. The summed E-state index contributed by atoms with van der Waals surface area (Å²) in [6.45, 7) is 3.46. The van der Waals surface area contributed by atoms with Gasteiger partial charge < -0.3 is 14.8 Å². The SMILES string of the molecule is CCOC(=O)CCCNCc1ccccc1C(=O)OC. The van der Waals surface area contributed by atoms with Crippen molar-refractivity contribution < 1.29 is 19.1 Å². The number of hydrogen-bond acceptors (Lipinski definition) is 5. The topological polar surface area (TPSA) is 64.6 Å². The third-order valence-electron chi connectivity index (χ3n) is 2.78. The second-order valence-corrected chi connectivity index (χ2v) is 4.23. The molecular formula is C15H21NO4. The lowest BCUT2D eigenvalue weighted by Gasteiger charge is -2.09. The average molecular weight is 279 g/mol. The van der Waals surface area contributed by atoms with Crippen LogP contribution in [0.4, 0.5) is 0 Å². The Morgan fingerprint density at radius 3 is 2.70 bits per heavy atom. The molecule has 0 saturated heterocycles. The van der Waals surface area contributed by atoms with E-state index < -0.39 is 0 Å². The van der Waals surface area contributed by atoms with E-state index in [9.17, 15) is 9.59 Å². The fourth-order valence-corrected chi connectivity index (χ4v) is 1.80. The summed E-state index contributed by atoms with van der Waals surface area (Å²) in [5.74, 6) is -0.516. The van der Waals surface area contributed by atoms with Gasteiger partial charge in [-0.15, -0.1) is 0 Å². The van der Waals surface area contributed by atoms with Crippen LogP contribution < -0.4 is 5.32 Å². The summed E-state index contributed by atoms with van der Waals surface area (Å²) in [7, 11) is 1.37. The molecule has 20 heavy (non-hydrogen) atoms. The lowest BCUT2D eigenvalue weighted by molar-refractivity contribution is -0.143. The van der Waals surface area contributed by atoms with E-state index in [1.165, 1.54) is 7.11 Å². The van der Waals surface area contributed by atoms with Crippen LogP contribution in [0.5, 0.6) is 0 Å². The van der Waals surface area contributed by atoms with Crippen molar-refractivity contribution in [1.82, 2.24) is 5.32 Å². The van der Waals surface area contributed by atoms with Crippen molar-refractivity contribution in [3.8, 4) is 0 Å². The number of nitrogens with one attached hydrogen (secondary N) is 1. The Bertz CT molecular complexity index is 445. The molecule has 0 bridgehead atoms. The van der Waals surface area contributed by atoms with E-state index in [-0.39, 0.29) is 11.9 Å². The van der Waals surface area contributed by atoms with Gasteiger partial charge in [0.25, 0.3) is 0 Å². The van der Waals surface area contributed by atoms with E-state index in [0.717, 1.165) is 5.56 Å². The van der Waals surface area contributed by atoms with E-state index in [1.807, 2.05) is 12.1 Å². The summed E-state index contributed by atoms with van der Waals surface area (Å²) in [4.78, 5) is 22.7. The molecule has 0 amide bonds. The van der Waals surface area contributed by atoms with Crippen LogP contribution in [0.3, 0.4) is 0 Å². The highest BCUT2D eigenvalue weighted by Gasteiger charge is 2.10. The van der Waals surface area contributed by atoms with Crippen LogP contribution in [0.1, 0.15) is 35.7 Å². The van der Waals surface area contributed by atoms with Gasteiger partial charge in [-0.25, -0.2) is 4.79 Å². The average Bonchev–Trinajstić information content (AvgIpc) is 2.47. The van der Waals surface area contributed by atoms with Gasteiger partial charge in [0.2, 0.25) is 0 Å². The highest BCUT2D eigenvalue weighted by molar-refractivity contribution is 5.90. The van der Waals surface area contributed by atoms with Gasteiger partial charge in [0.1, 0.15) is 0 Å². The zero-order valence-corrected chi connectivity index (χ0v) is 12.0. The highest BCUT2D eigenvalue weighted by atomic mass is 16.5. The van der Waals surface area contributed by atoms with Gasteiger partial charge in [-0.1, -0.05) is 18.2 Å². The summed E-state index contributed by atoms with van der Waals surface area (Å²) >= 11 is 0. The van der Waals surface area contributed by atoms with Crippen LogP contribution in [0.25, 0.3) is 0 Å². The molecule has 0 aromatic heterocycles. The summed E-state index contributed by atoms with van der Waals surface area (Å²) in [5, 5.41) is 3.20. The monoisotopic (exact) mass is 279 g/mol. The van der Waals surface area contributed by atoms with E-state index in [0.29, 0.717) is 38.1 Å². The summed E-state index contributed by atoms with van der Waals surface area (Å²) in [6, 6.07) is 7.30. The Kier molecular flexibility index (Phi) is 7.35. The van der Waals surface area contributed by atoms with Gasteiger partial charge in [-0.3, -0.25) is 4.79 Å². The Balaban J connectivity index is 2.35. The number of rotatable bonds is 8. The van der Waals surface area contributed by atoms with Crippen molar-refractivity contribution >= 4 is 11.9 Å². The highest BCUT2D eigenvalue weighted by Crippen LogP contribution is 2.09. The molecule has 1 rings (SSSR count). The lowest BCUT2D eigenvalue weighted by atomic mass is 10.1. The van der Waals surface area contributed by atoms with Crippen molar-refractivity contribution in [3.63, 3.8) is 0 Å². The zero-order valence-electron chi connectivity index (χ0n) is 12.0. The minimum Gasteiger partial charge on any atom is -0.466 e. The molecule has 0 spiro atoms. The molecule has 1 aromatic rings. The maximum atomic E-state index is 11.6. The number of benzene rings is 1. The first-order valence-electron chi connectivity index (χ1n) is 6.71. The smallest absolute Gasteiger partial charge is 0.338 e. The minimum atomic E-state index is -0.339. The van der Waals surface area contributed by atoms with Crippen molar-refractivity contribution in [2.24, 2.45) is 0 Å². The first-order valence-corrected chi connectivity index (χ1v) is 6.71. The van der Waals surface area contributed by atoms with Gasteiger partial charge >= 0.3 is 11.9 Å². The van der Waals surface area contributed by atoms with E-state index >= 15 is 0 Å². The van der Waals surface area contributed by atoms with Crippen molar-refractivity contribution in [2.45, 2.75) is 26.3 Å². The molecule has 5 nitrogen and oxygen atoms in total. The number of ether oxygens (including phenoxy) is 2. The minimum absolute atomic E-state index is 0.177. The predicted molar refractivity (Wildman–Crippen MR) is 75.4 cm³/mol. The molecule has 0 unspecified atom stereocenters. The normalized spacial score (nSPS) is 10.1. The Labute approximate surface area is 119 Å². The second kappa shape index (κ2) is 9.09. The molecule has 0 aliphatic heterocycles. The molecule has 0 fully saturated rings. The van der Waals surface area contributed by atoms with Gasteiger partial charge in [-0.05, 0) is 31.5 Å². The Morgan fingerprint density at radius 1 is 1.25 bits per heavy atom. The molecule has 0 aliphatic rings. The van der Waals surface area contributed by atoms with Gasteiger partial charge in [0, 0.05) is 13.0 Å². The summed E-state index contributed by atoms with van der Waals surface area (Å²) in [5.41, 5.74) is 1.45. The molecule has 5 heteroatoms.